The Balaban J connectivity index is 1.89. The first-order chi connectivity index (χ1) is 12.2. The van der Waals surface area contributed by atoms with Crippen LogP contribution in [0.5, 0.6) is 0 Å². The van der Waals surface area contributed by atoms with Crippen LogP contribution in [-0.4, -0.2) is 37.2 Å². The number of thioether (sulfide) groups is 1. The van der Waals surface area contributed by atoms with Crippen LogP contribution in [0.1, 0.15) is 17.1 Å². The third-order valence-electron chi connectivity index (χ3n) is 3.37. The lowest BCUT2D eigenvalue weighted by Gasteiger charge is -2.07. The molecule has 2 aromatic heterocycles. The summed E-state index contributed by atoms with van der Waals surface area (Å²) in [4.78, 5) is 10.8. The van der Waals surface area contributed by atoms with Crippen molar-refractivity contribution in [2.45, 2.75) is 11.5 Å². The highest BCUT2D eigenvalue weighted by atomic mass is 32.2. The van der Waals surface area contributed by atoms with Crippen LogP contribution in [0.25, 0.3) is 0 Å². The molecule has 0 aliphatic carbocycles. The summed E-state index contributed by atoms with van der Waals surface area (Å²) in [6.07, 6.45) is 2.02. The molecular weight excluding hydrogens is 338 g/mol. The first-order valence-corrected chi connectivity index (χ1v) is 8.68. The molecule has 8 nitrogen and oxygen atoms in total. The van der Waals surface area contributed by atoms with Crippen molar-refractivity contribution in [1.29, 1.82) is 0 Å². The van der Waals surface area contributed by atoms with E-state index < -0.39 is 0 Å². The predicted molar refractivity (Wildman–Crippen MR) is 96.1 cm³/mol. The molecule has 0 bridgehead atoms. The molecule has 0 atom stereocenters. The van der Waals surface area contributed by atoms with Crippen LogP contribution in [0.2, 0.25) is 0 Å². The van der Waals surface area contributed by atoms with Gasteiger partial charge in [-0.05, 0) is 40.9 Å². The standard InChI is InChI=1S/C16H17N7OS/c1-23-16(19-21-22-23)15(11-5-3-7-13(9-11)25-2)20-24-10-12-6-4-8-14(17)18-12/h3-9H,10H2,1-2H3,(H2,17,18). The molecule has 0 radical (unpaired) electrons. The zero-order valence-electron chi connectivity index (χ0n) is 13.8. The van der Waals surface area contributed by atoms with Gasteiger partial charge >= 0.3 is 0 Å². The number of pyridine rings is 1. The number of rotatable bonds is 6. The molecular formula is C16H17N7OS. The Morgan fingerprint density at radius 2 is 2.12 bits per heavy atom. The average Bonchev–Trinajstić information content (AvgIpc) is 3.04. The Hall–Kier alpha value is -2.94. The first kappa shape index (κ1) is 16.9. The highest BCUT2D eigenvalue weighted by Gasteiger charge is 2.15. The maximum atomic E-state index is 5.68. The summed E-state index contributed by atoms with van der Waals surface area (Å²) in [5, 5.41) is 15.8. The highest BCUT2D eigenvalue weighted by Crippen LogP contribution is 2.18. The highest BCUT2D eigenvalue weighted by molar-refractivity contribution is 7.98. The molecule has 0 unspecified atom stereocenters. The number of aryl methyl sites for hydroxylation is 1. The second kappa shape index (κ2) is 7.75. The van der Waals surface area contributed by atoms with Crippen molar-refractivity contribution in [3.8, 4) is 0 Å². The van der Waals surface area contributed by atoms with E-state index in [1.807, 2.05) is 42.7 Å². The number of benzene rings is 1. The van der Waals surface area contributed by atoms with Gasteiger partial charge in [0.05, 0.1) is 5.69 Å². The third-order valence-corrected chi connectivity index (χ3v) is 4.10. The van der Waals surface area contributed by atoms with Gasteiger partial charge in [0.1, 0.15) is 5.82 Å². The van der Waals surface area contributed by atoms with Crippen LogP contribution in [0.4, 0.5) is 5.82 Å². The predicted octanol–water partition coefficient (Wildman–Crippen LogP) is 1.88. The molecule has 9 heteroatoms. The van der Waals surface area contributed by atoms with Crippen LogP contribution in [0.3, 0.4) is 0 Å². The van der Waals surface area contributed by atoms with Gasteiger partial charge in [0.2, 0.25) is 5.82 Å². The van der Waals surface area contributed by atoms with Gasteiger partial charge < -0.3 is 10.6 Å². The SMILES string of the molecule is CSc1cccc(C(=NOCc2cccc(N)n2)c2nnnn2C)c1. The number of nitrogens with zero attached hydrogens (tertiary/aromatic N) is 6. The number of oxime groups is 1. The van der Waals surface area contributed by atoms with E-state index in [2.05, 4.69) is 25.7 Å². The van der Waals surface area contributed by atoms with E-state index in [1.54, 1.807) is 29.6 Å². The fraction of sp³-hybridized carbons (Fsp3) is 0.188. The molecule has 3 rings (SSSR count). The minimum Gasteiger partial charge on any atom is -0.389 e. The van der Waals surface area contributed by atoms with E-state index in [0.717, 1.165) is 10.5 Å². The summed E-state index contributed by atoms with van der Waals surface area (Å²) in [5.74, 6) is 0.953. The maximum Gasteiger partial charge on any atom is 0.204 e. The molecule has 25 heavy (non-hydrogen) atoms. The molecule has 0 saturated carbocycles. The van der Waals surface area contributed by atoms with Gasteiger partial charge in [0.15, 0.2) is 12.3 Å². The number of nitrogen functional groups attached to an aromatic ring is 1. The van der Waals surface area contributed by atoms with E-state index in [4.69, 9.17) is 10.6 Å². The van der Waals surface area contributed by atoms with Gasteiger partial charge in [0.25, 0.3) is 0 Å². The minimum absolute atomic E-state index is 0.196. The van der Waals surface area contributed by atoms with Gasteiger partial charge in [-0.3, -0.25) is 0 Å². The van der Waals surface area contributed by atoms with Gasteiger partial charge in [-0.2, -0.15) is 0 Å². The van der Waals surface area contributed by atoms with Crippen molar-refractivity contribution in [3.63, 3.8) is 0 Å². The molecule has 2 N–H and O–H groups in total. The molecule has 0 aliphatic rings. The van der Waals surface area contributed by atoms with Crippen LogP contribution in [0, 0.1) is 0 Å². The van der Waals surface area contributed by atoms with Crippen molar-refractivity contribution < 1.29 is 4.84 Å². The normalized spacial score (nSPS) is 11.5. The number of anilines is 1. The van der Waals surface area contributed by atoms with Crippen molar-refractivity contribution in [1.82, 2.24) is 25.2 Å². The number of tetrazole rings is 1. The number of nitrogens with two attached hydrogens (primary N) is 1. The van der Waals surface area contributed by atoms with E-state index >= 15 is 0 Å². The van der Waals surface area contributed by atoms with Gasteiger partial charge in [-0.1, -0.05) is 23.4 Å². The summed E-state index contributed by atoms with van der Waals surface area (Å²) in [7, 11) is 1.75. The van der Waals surface area contributed by atoms with Gasteiger partial charge in [0, 0.05) is 17.5 Å². The summed E-state index contributed by atoms with van der Waals surface area (Å²) < 4.78 is 1.55. The summed E-state index contributed by atoms with van der Waals surface area (Å²) in [5.41, 5.74) is 7.78. The summed E-state index contributed by atoms with van der Waals surface area (Å²) >= 11 is 1.65. The Bertz CT molecular complexity index is 893. The molecule has 128 valence electrons. The van der Waals surface area contributed by atoms with Crippen LogP contribution >= 0.6 is 11.8 Å². The largest absolute Gasteiger partial charge is 0.389 e. The topological polar surface area (TPSA) is 104 Å². The second-order valence-corrected chi connectivity index (χ2v) is 6.00. The fourth-order valence-electron chi connectivity index (χ4n) is 2.16. The second-order valence-electron chi connectivity index (χ2n) is 5.13. The van der Waals surface area contributed by atoms with Crippen molar-refractivity contribution >= 4 is 23.3 Å². The van der Waals surface area contributed by atoms with Crippen LogP contribution in [-0.2, 0) is 18.5 Å². The summed E-state index contributed by atoms with van der Waals surface area (Å²) in [6, 6.07) is 13.3. The smallest absolute Gasteiger partial charge is 0.204 e. The monoisotopic (exact) mass is 355 g/mol. The zero-order chi connectivity index (χ0) is 17.6. The molecule has 3 aromatic rings. The average molecular weight is 355 g/mol. The lowest BCUT2D eigenvalue weighted by Crippen LogP contribution is -2.12. The quantitative estimate of drug-likeness (QED) is 0.409. The number of hydrogen-bond donors (Lipinski definition) is 1. The molecule has 1 aromatic carbocycles. The summed E-state index contributed by atoms with van der Waals surface area (Å²) in [6.45, 7) is 0.196. The van der Waals surface area contributed by atoms with Crippen molar-refractivity contribution in [2.75, 3.05) is 12.0 Å². The molecule has 2 heterocycles. The van der Waals surface area contributed by atoms with Crippen LogP contribution < -0.4 is 5.73 Å². The number of aromatic nitrogens is 5. The van der Waals surface area contributed by atoms with Crippen molar-refractivity contribution in [2.24, 2.45) is 12.2 Å². The minimum atomic E-state index is 0.196. The van der Waals surface area contributed by atoms with Gasteiger partial charge in [-0.25, -0.2) is 9.67 Å². The Labute approximate surface area is 149 Å². The van der Waals surface area contributed by atoms with E-state index in [1.165, 1.54) is 0 Å². The fourth-order valence-corrected chi connectivity index (χ4v) is 2.62. The Morgan fingerprint density at radius 3 is 2.84 bits per heavy atom. The first-order valence-electron chi connectivity index (χ1n) is 7.46. The van der Waals surface area contributed by atoms with Crippen molar-refractivity contribution in [3.05, 3.63) is 59.5 Å². The Morgan fingerprint density at radius 1 is 1.28 bits per heavy atom. The molecule has 0 aliphatic heterocycles. The van der Waals surface area contributed by atoms with E-state index in [-0.39, 0.29) is 6.61 Å². The molecule has 0 saturated heterocycles. The molecule has 0 spiro atoms. The third kappa shape index (κ3) is 4.13. The molecule has 0 amide bonds. The van der Waals surface area contributed by atoms with E-state index in [0.29, 0.717) is 23.0 Å². The van der Waals surface area contributed by atoms with E-state index in [9.17, 15) is 0 Å². The van der Waals surface area contributed by atoms with Gasteiger partial charge in [-0.15, -0.1) is 16.9 Å². The zero-order valence-corrected chi connectivity index (χ0v) is 14.6. The lowest BCUT2D eigenvalue weighted by atomic mass is 10.1. The van der Waals surface area contributed by atoms with Crippen LogP contribution in [0.15, 0.2) is 52.5 Å². The molecule has 0 fully saturated rings. The number of hydrogen-bond acceptors (Lipinski definition) is 8. The Kier molecular flexibility index (Phi) is 5.24. The lowest BCUT2D eigenvalue weighted by molar-refractivity contribution is 0.128. The maximum absolute atomic E-state index is 5.68.